The molecule has 0 bridgehead atoms. The van der Waals surface area contributed by atoms with Crippen LogP contribution in [-0.2, 0) is 0 Å². The van der Waals surface area contributed by atoms with Crippen LogP contribution in [0.25, 0.3) is 0 Å². The van der Waals surface area contributed by atoms with E-state index in [1.54, 1.807) is 0 Å². The molecular formula is C14H23N5. The van der Waals surface area contributed by atoms with E-state index in [1.807, 2.05) is 30.3 Å². The summed E-state index contributed by atoms with van der Waals surface area (Å²) < 4.78 is 0. The fraction of sp³-hybridized carbons (Fsp3) is 0.500. The fourth-order valence-electron chi connectivity index (χ4n) is 2.46. The SMILES string of the molecule is CC1CN(C)CCC1N=C(NN)Nc1ccccc1. The van der Waals surface area contributed by atoms with Gasteiger partial charge in [0.1, 0.15) is 0 Å². The van der Waals surface area contributed by atoms with Crippen LogP contribution in [0.5, 0.6) is 0 Å². The summed E-state index contributed by atoms with van der Waals surface area (Å²) >= 11 is 0. The Kier molecular flexibility index (Phi) is 4.76. The van der Waals surface area contributed by atoms with Crippen molar-refractivity contribution in [2.75, 3.05) is 25.5 Å². The lowest BCUT2D eigenvalue weighted by Gasteiger charge is -2.32. The molecule has 0 aromatic heterocycles. The Morgan fingerprint density at radius 3 is 2.74 bits per heavy atom. The number of para-hydroxylation sites is 1. The number of hydrogen-bond donors (Lipinski definition) is 3. The second-order valence-corrected chi connectivity index (χ2v) is 5.21. The van der Waals surface area contributed by atoms with Gasteiger partial charge in [-0.15, -0.1) is 0 Å². The average molecular weight is 261 g/mol. The Morgan fingerprint density at radius 1 is 1.37 bits per heavy atom. The molecule has 5 nitrogen and oxygen atoms in total. The Morgan fingerprint density at radius 2 is 2.11 bits per heavy atom. The predicted molar refractivity (Wildman–Crippen MR) is 79.9 cm³/mol. The number of rotatable bonds is 2. The van der Waals surface area contributed by atoms with Gasteiger partial charge < -0.3 is 10.2 Å². The summed E-state index contributed by atoms with van der Waals surface area (Å²) in [6.07, 6.45) is 1.07. The molecule has 2 atom stereocenters. The molecule has 0 saturated carbocycles. The van der Waals surface area contributed by atoms with Gasteiger partial charge >= 0.3 is 0 Å². The van der Waals surface area contributed by atoms with Crippen molar-refractivity contribution in [2.24, 2.45) is 16.8 Å². The van der Waals surface area contributed by atoms with Crippen LogP contribution in [0.3, 0.4) is 0 Å². The Balaban J connectivity index is 2.02. The van der Waals surface area contributed by atoms with Crippen molar-refractivity contribution < 1.29 is 0 Å². The number of piperidine rings is 1. The van der Waals surface area contributed by atoms with E-state index in [4.69, 9.17) is 10.8 Å². The zero-order valence-corrected chi connectivity index (χ0v) is 11.6. The summed E-state index contributed by atoms with van der Waals surface area (Å²) in [4.78, 5) is 7.05. The molecule has 104 valence electrons. The van der Waals surface area contributed by atoms with Crippen LogP contribution in [0, 0.1) is 5.92 Å². The summed E-state index contributed by atoms with van der Waals surface area (Å²) in [7, 11) is 2.15. The number of anilines is 1. The zero-order valence-electron chi connectivity index (χ0n) is 11.6. The van der Waals surface area contributed by atoms with Gasteiger partial charge in [0.25, 0.3) is 0 Å². The van der Waals surface area contributed by atoms with Crippen LogP contribution in [0.4, 0.5) is 5.69 Å². The van der Waals surface area contributed by atoms with Crippen LogP contribution in [0.1, 0.15) is 13.3 Å². The fourth-order valence-corrected chi connectivity index (χ4v) is 2.46. The van der Waals surface area contributed by atoms with Gasteiger partial charge in [-0.3, -0.25) is 5.43 Å². The van der Waals surface area contributed by atoms with Crippen LogP contribution in [0.15, 0.2) is 35.3 Å². The molecule has 0 radical (unpaired) electrons. The summed E-state index contributed by atoms with van der Waals surface area (Å²) in [5, 5.41) is 3.21. The zero-order chi connectivity index (χ0) is 13.7. The number of hydrazine groups is 1. The topological polar surface area (TPSA) is 65.7 Å². The molecule has 0 spiro atoms. The van der Waals surface area contributed by atoms with Crippen molar-refractivity contribution in [1.29, 1.82) is 0 Å². The minimum Gasteiger partial charge on any atom is -0.325 e. The highest BCUT2D eigenvalue weighted by Crippen LogP contribution is 2.18. The van der Waals surface area contributed by atoms with Gasteiger partial charge in [0.15, 0.2) is 0 Å². The number of nitrogens with two attached hydrogens (primary N) is 1. The van der Waals surface area contributed by atoms with Crippen molar-refractivity contribution in [3.05, 3.63) is 30.3 Å². The van der Waals surface area contributed by atoms with Gasteiger partial charge in [0.05, 0.1) is 6.04 Å². The van der Waals surface area contributed by atoms with Gasteiger partial charge in [0, 0.05) is 12.2 Å². The quantitative estimate of drug-likeness (QED) is 0.324. The predicted octanol–water partition coefficient (Wildman–Crippen LogP) is 1.26. The molecule has 1 heterocycles. The summed E-state index contributed by atoms with van der Waals surface area (Å²) in [6, 6.07) is 10.2. The minimum atomic E-state index is 0.318. The number of hydrogen-bond acceptors (Lipinski definition) is 3. The van der Waals surface area contributed by atoms with Crippen LogP contribution >= 0.6 is 0 Å². The average Bonchev–Trinajstić information content (AvgIpc) is 2.42. The number of aliphatic imine (C=N–C) groups is 1. The maximum Gasteiger partial charge on any atom is 0.210 e. The number of benzene rings is 1. The second kappa shape index (κ2) is 6.54. The van der Waals surface area contributed by atoms with Gasteiger partial charge in [-0.2, -0.15) is 0 Å². The molecule has 1 aliphatic heterocycles. The van der Waals surface area contributed by atoms with E-state index in [2.05, 4.69) is 29.6 Å². The lowest BCUT2D eigenvalue weighted by molar-refractivity contribution is 0.198. The first-order valence-corrected chi connectivity index (χ1v) is 6.74. The van der Waals surface area contributed by atoms with E-state index in [0.717, 1.165) is 25.2 Å². The normalized spacial score (nSPS) is 25.1. The number of nitrogens with one attached hydrogen (secondary N) is 2. The molecule has 0 aliphatic carbocycles. The molecule has 1 saturated heterocycles. The van der Waals surface area contributed by atoms with Gasteiger partial charge in [-0.05, 0) is 38.1 Å². The molecule has 1 aromatic carbocycles. The van der Waals surface area contributed by atoms with Crippen molar-refractivity contribution in [3.63, 3.8) is 0 Å². The van der Waals surface area contributed by atoms with Crippen molar-refractivity contribution >= 4 is 11.6 Å². The van der Waals surface area contributed by atoms with Gasteiger partial charge in [-0.1, -0.05) is 25.1 Å². The van der Waals surface area contributed by atoms with Crippen molar-refractivity contribution in [3.8, 4) is 0 Å². The minimum absolute atomic E-state index is 0.318. The second-order valence-electron chi connectivity index (χ2n) is 5.21. The van der Waals surface area contributed by atoms with Crippen LogP contribution in [-0.4, -0.2) is 37.0 Å². The van der Waals surface area contributed by atoms with Crippen LogP contribution in [0.2, 0.25) is 0 Å². The van der Waals surface area contributed by atoms with E-state index in [9.17, 15) is 0 Å². The highest BCUT2D eigenvalue weighted by Gasteiger charge is 2.24. The third-order valence-corrected chi connectivity index (χ3v) is 3.53. The van der Waals surface area contributed by atoms with E-state index in [1.165, 1.54) is 0 Å². The molecule has 1 fully saturated rings. The molecule has 4 N–H and O–H groups in total. The van der Waals surface area contributed by atoms with Gasteiger partial charge in [-0.25, -0.2) is 10.8 Å². The first kappa shape index (κ1) is 13.8. The molecule has 19 heavy (non-hydrogen) atoms. The maximum atomic E-state index is 5.56. The largest absolute Gasteiger partial charge is 0.325 e. The molecule has 5 heteroatoms. The summed E-state index contributed by atoms with van der Waals surface area (Å²) in [5.41, 5.74) is 3.64. The van der Waals surface area contributed by atoms with Crippen molar-refractivity contribution in [2.45, 2.75) is 19.4 Å². The monoisotopic (exact) mass is 261 g/mol. The molecule has 2 unspecified atom stereocenters. The number of nitrogens with zero attached hydrogens (tertiary/aromatic N) is 2. The van der Waals surface area contributed by atoms with E-state index < -0.39 is 0 Å². The first-order chi connectivity index (χ1) is 9.19. The molecule has 1 aliphatic rings. The lowest BCUT2D eigenvalue weighted by atomic mass is 9.95. The third kappa shape index (κ3) is 3.94. The molecular weight excluding hydrogens is 238 g/mol. The van der Waals surface area contributed by atoms with Gasteiger partial charge in [0.2, 0.25) is 5.96 Å². The number of likely N-dealkylation sites (tertiary alicyclic amines) is 1. The number of guanidine groups is 1. The Hall–Kier alpha value is -1.59. The Labute approximate surface area is 114 Å². The maximum absolute atomic E-state index is 5.56. The highest BCUT2D eigenvalue weighted by atomic mass is 15.3. The van der Waals surface area contributed by atoms with E-state index in [0.29, 0.717) is 17.9 Å². The van der Waals surface area contributed by atoms with E-state index >= 15 is 0 Å². The lowest BCUT2D eigenvalue weighted by Crippen LogP contribution is -2.42. The summed E-state index contributed by atoms with van der Waals surface area (Å²) in [5.74, 6) is 6.73. The highest BCUT2D eigenvalue weighted by molar-refractivity contribution is 5.93. The standard InChI is InChI=1S/C14H23N5/c1-11-10-19(2)9-8-13(11)17-14(18-15)16-12-6-4-3-5-7-12/h3-7,11,13H,8-10,15H2,1-2H3,(H2,16,17,18). The van der Waals surface area contributed by atoms with Crippen LogP contribution < -0.4 is 16.6 Å². The molecule has 2 rings (SSSR count). The first-order valence-electron chi connectivity index (χ1n) is 6.74. The van der Waals surface area contributed by atoms with Crippen molar-refractivity contribution in [1.82, 2.24) is 10.3 Å². The third-order valence-electron chi connectivity index (χ3n) is 3.53. The molecule has 1 aromatic rings. The van der Waals surface area contributed by atoms with E-state index in [-0.39, 0.29) is 0 Å². The smallest absolute Gasteiger partial charge is 0.210 e. The molecule has 0 amide bonds. The summed E-state index contributed by atoms with van der Waals surface area (Å²) in [6.45, 7) is 4.40. The Bertz CT molecular complexity index is 417.